The molecule has 0 saturated carbocycles. The summed E-state index contributed by atoms with van der Waals surface area (Å²) in [6.07, 6.45) is 1.06. The Morgan fingerprint density at radius 1 is 1.28 bits per heavy atom. The third-order valence-corrected chi connectivity index (χ3v) is 7.20. The fourth-order valence-corrected chi connectivity index (χ4v) is 5.12. The number of nitrogens with zero attached hydrogens (tertiary/aromatic N) is 1. The van der Waals surface area contributed by atoms with E-state index in [1.807, 2.05) is 0 Å². The molecule has 8 heteroatoms. The van der Waals surface area contributed by atoms with E-state index in [4.69, 9.17) is 0 Å². The van der Waals surface area contributed by atoms with Crippen LogP contribution in [0.2, 0.25) is 0 Å². The van der Waals surface area contributed by atoms with Gasteiger partial charge in [0.25, 0.3) is 5.91 Å². The third-order valence-electron chi connectivity index (χ3n) is 4.28. The van der Waals surface area contributed by atoms with E-state index < -0.39 is 15.8 Å². The Labute approximate surface area is 150 Å². The summed E-state index contributed by atoms with van der Waals surface area (Å²) in [6, 6.07) is 7.52. The fourth-order valence-electron chi connectivity index (χ4n) is 2.80. The van der Waals surface area contributed by atoms with Crippen molar-refractivity contribution < 1.29 is 17.6 Å². The lowest BCUT2D eigenvalue weighted by molar-refractivity contribution is 0.0711. The maximum absolute atomic E-state index is 13.6. The normalized spacial score (nSPS) is 16.2. The van der Waals surface area contributed by atoms with E-state index >= 15 is 0 Å². The highest BCUT2D eigenvalue weighted by molar-refractivity contribution is 7.91. The molecular formula is C17H19FN2O3S2. The molecule has 5 nitrogen and oxygen atoms in total. The van der Waals surface area contributed by atoms with Crippen LogP contribution >= 0.6 is 11.3 Å². The van der Waals surface area contributed by atoms with Crippen molar-refractivity contribution >= 4 is 27.3 Å². The van der Waals surface area contributed by atoms with Crippen LogP contribution in [0.3, 0.4) is 0 Å². The fraction of sp³-hybridized carbons (Fsp3) is 0.353. The number of rotatable bonds is 4. The molecule has 0 spiro atoms. The Balaban J connectivity index is 1.60. The van der Waals surface area contributed by atoms with Gasteiger partial charge in [0.15, 0.2) is 0 Å². The Hall–Kier alpha value is -1.77. The number of hydrogen-bond acceptors (Lipinski definition) is 4. The molecule has 1 aliphatic rings. The minimum absolute atomic E-state index is 0.203. The highest BCUT2D eigenvalue weighted by Crippen LogP contribution is 2.20. The van der Waals surface area contributed by atoms with Crippen LogP contribution in [-0.2, 0) is 10.0 Å². The molecule has 1 amide bonds. The average Bonchev–Trinajstić information content (AvgIpc) is 3.13. The molecule has 1 aliphatic heterocycles. The average molecular weight is 382 g/mol. The van der Waals surface area contributed by atoms with Gasteiger partial charge in [0.05, 0.1) is 0 Å². The zero-order valence-corrected chi connectivity index (χ0v) is 15.4. The number of hydrogen-bond donors (Lipinski definition) is 1. The molecule has 0 radical (unpaired) electrons. The first-order valence-electron chi connectivity index (χ1n) is 7.98. The van der Waals surface area contributed by atoms with Crippen LogP contribution in [-0.4, -0.2) is 38.4 Å². The second-order valence-electron chi connectivity index (χ2n) is 6.08. The van der Waals surface area contributed by atoms with Gasteiger partial charge in [-0.25, -0.2) is 17.5 Å². The molecule has 0 unspecified atom stereocenters. The smallest absolute Gasteiger partial charge is 0.253 e. The number of piperidine rings is 1. The van der Waals surface area contributed by atoms with Crippen molar-refractivity contribution in [2.75, 3.05) is 13.1 Å². The minimum atomic E-state index is -3.50. The summed E-state index contributed by atoms with van der Waals surface area (Å²) in [7, 11) is -3.50. The second kappa shape index (κ2) is 7.23. The second-order valence-corrected chi connectivity index (χ2v) is 8.97. The molecule has 25 heavy (non-hydrogen) atoms. The predicted octanol–water partition coefficient (Wildman–Crippen LogP) is 2.78. The van der Waals surface area contributed by atoms with Gasteiger partial charge in [-0.05, 0) is 48.9 Å². The van der Waals surface area contributed by atoms with E-state index in [2.05, 4.69) is 4.72 Å². The van der Waals surface area contributed by atoms with Crippen molar-refractivity contribution in [1.82, 2.24) is 9.62 Å². The van der Waals surface area contributed by atoms with Gasteiger partial charge in [-0.3, -0.25) is 4.79 Å². The van der Waals surface area contributed by atoms with E-state index in [0.717, 1.165) is 0 Å². The first kappa shape index (κ1) is 18.0. The standard InChI is InChI=1S/C17H19FN2O3S2/c1-12-4-5-13(11-15(12)18)17(21)20-8-6-14(7-9-20)19-25(22,23)16-3-2-10-24-16/h2-5,10-11,14,19H,6-9H2,1H3. The maximum Gasteiger partial charge on any atom is 0.253 e. The summed E-state index contributed by atoms with van der Waals surface area (Å²) < 4.78 is 41.1. The van der Waals surface area contributed by atoms with Crippen molar-refractivity contribution in [2.45, 2.75) is 30.0 Å². The van der Waals surface area contributed by atoms with E-state index in [9.17, 15) is 17.6 Å². The van der Waals surface area contributed by atoms with Crippen molar-refractivity contribution in [3.63, 3.8) is 0 Å². The number of carbonyl (C=O) groups is 1. The summed E-state index contributed by atoms with van der Waals surface area (Å²) in [5.41, 5.74) is 0.818. The maximum atomic E-state index is 13.6. The zero-order valence-electron chi connectivity index (χ0n) is 13.7. The van der Waals surface area contributed by atoms with Crippen molar-refractivity contribution in [3.8, 4) is 0 Å². The van der Waals surface area contributed by atoms with Crippen molar-refractivity contribution in [1.29, 1.82) is 0 Å². The molecule has 1 saturated heterocycles. The molecule has 2 aromatic rings. The quantitative estimate of drug-likeness (QED) is 0.884. The molecule has 3 rings (SSSR count). The molecule has 0 atom stereocenters. The highest BCUT2D eigenvalue weighted by Gasteiger charge is 2.27. The number of carbonyl (C=O) groups excluding carboxylic acids is 1. The number of aryl methyl sites for hydroxylation is 1. The molecule has 2 heterocycles. The number of amides is 1. The van der Waals surface area contributed by atoms with E-state index in [-0.39, 0.29) is 11.9 Å². The minimum Gasteiger partial charge on any atom is -0.339 e. The topological polar surface area (TPSA) is 66.5 Å². The van der Waals surface area contributed by atoms with Gasteiger partial charge in [0.2, 0.25) is 10.0 Å². The van der Waals surface area contributed by atoms with Crippen LogP contribution in [0.5, 0.6) is 0 Å². The van der Waals surface area contributed by atoms with Crippen LogP contribution in [0, 0.1) is 12.7 Å². The Bertz CT molecular complexity index is 858. The van der Waals surface area contributed by atoms with Crippen LogP contribution in [0.1, 0.15) is 28.8 Å². The van der Waals surface area contributed by atoms with E-state index in [1.165, 1.54) is 17.4 Å². The lowest BCUT2D eigenvalue weighted by atomic mass is 10.0. The van der Waals surface area contributed by atoms with Gasteiger partial charge in [-0.2, -0.15) is 0 Å². The Morgan fingerprint density at radius 2 is 2.00 bits per heavy atom. The lowest BCUT2D eigenvalue weighted by Gasteiger charge is -2.32. The number of thiophene rings is 1. The molecule has 134 valence electrons. The predicted molar refractivity (Wildman–Crippen MR) is 94.7 cm³/mol. The van der Waals surface area contributed by atoms with Crippen LogP contribution in [0.4, 0.5) is 4.39 Å². The van der Waals surface area contributed by atoms with Crippen LogP contribution in [0.15, 0.2) is 39.9 Å². The SMILES string of the molecule is Cc1ccc(C(=O)N2CCC(NS(=O)(=O)c3cccs3)CC2)cc1F. The lowest BCUT2D eigenvalue weighted by Crippen LogP contribution is -2.46. The Kier molecular flexibility index (Phi) is 5.21. The van der Waals surface area contributed by atoms with Gasteiger partial charge in [-0.1, -0.05) is 12.1 Å². The number of benzene rings is 1. The van der Waals surface area contributed by atoms with Gasteiger partial charge >= 0.3 is 0 Å². The number of nitrogens with one attached hydrogen (secondary N) is 1. The van der Waals surface area contributed by atoms with E-state index in [0.29, 0.717) is 41.3 Å². The first-order valence-corrected chi connectivity index (χ1v) is 10.3. The monoisotopic (exact) mass is 382 g/mol. The zero-order chi connectivity index (χ0) is 18.0. The summed E-state index contributed by atoms with van der Waals surface area (Å²) in [6.45, 7) is 2.52. The first-order chi connectivity index (χ1) is 11.9. The van der Waals surface area contributed by atoms with Gasteiger partial charge in [0.1, 0.15) is 10.0 Å². The van der Waals surface area contributed by atoms with Crippen molar-refractivity contribution in [3.05, 3.63) is 52.7 Å². The van der Waals surface area contributed by atoms with Gasteiger partial charge in [-0.15, -0.1) is 11.3 Å². The van der Waals surface area contributed by atoms with Gasteiger partial charge < -0.3 is 4.90 Å². The molecule has 1 aromatic carbocycles. The third kappa shape index (κ3) is 4.08. The summed E-state index contributed by atoms with van der Waals surface area (Å²) >= 11 is 1.17. The largest absolute Gasteiger partial charge is 0.339 e. The summed E-state index contributed by atoms with van der Waals surface area (Å²) in [5.74, 6) is -0.622. The van der Waals surface area contributed by atoms with Crippen LogP contribution < -0.4 is 4.72 Å². The molecule has 1 aromatic heterocycles. The number of halogens is 1. The highest BCUT2D eigenvalue weighted by atomic mass is 32.2. The molecule has 1 fully saturated rings. The molecule has 1 N–H and O–H groups in total. The summed E-state index contributed by atoms with van der Waals surface area (Å²) in [5, 5.41) is 1.72. The molecular weight excluding hydrogens is 363 g/mol. The molecule has 0 aliphatic carbocycles. The Morgan fingerprint density at radius 3 is 2.60 bits per heavy atom. The molecule has 0 bridgehead atoms. The number of sulfonamides is 1. The van der Waals surface area contributed by atoms with Crippen molar-refractivity contribution in [2.24, 2.45) is 0 Å². The van der Waals surface area contributed by atoms with E-state index in [1.54, 1.807) is 41.5 Å². The summed E-state index contributed by atoms with van der Waals surface area (Å²) in [4.78, 5) is 14.1. The van der Waals surface area contributed by atoms with Crippen LogP contribution in [0.25, 0.3) is 0 Å². The number of likely N-dealkylation sites (tertiary alicyclic amines) is 1. The van der Waals surface area contributed by atoms with Gasteiger partial charge in [0, 0.05) is 24.7 Å².